The van der Waals surface area contributed by atoms with Crippen molar-refractivity contribution < 1.29 is 4.79 Å². The van der Waals surface area contributed by atoms with Crippen LogP contribution in [0.15, 0.2) is 48.9 Å². The van der Waals surface area contributed by atoms with Gasteiger partial charge in [0, 0.05) is 37.3 Å². The predicted molar refractivity (Wildman–Crippen MR) is 133 cm³/mol. The number of nitrogens with zero attached hydrogens (tertiary/aromatic N) is 6. The molecule has 0 aliphatic carbocycles. The van der Waals surface area contributed by atoms with Crippen molar-refractivity contribution in [3.63, 3.8) is 0 Å². The number of carbonyl (C=O) groups is 1. The van der Waals surface area contributed by atoms with Gasteiger partial charge in [0.05, 0.1) is 29.0 Å². The molecule has 1 aromatic carbocycles. The highest BCUT2D eigenvalue weighted by atomic mass is 16.2. The van der Waals surface area contributed by atoms with Gasteiger partial charge in [0.15, 0.2) is 0 Å². The van der Waals surface area contributed by atoms with E-state index in [9.17, 15) is 4.79 Å². The van der Waals surface area contributed by atoms with Crippen molar-refractivity contribution in [1.29, 1.82) is 0 Å². The Labute approximate surface area is 195 Å². The van der Waals surface area contributed by atoms with E-state index >= 15 is 0 Å². The largest absolute Gasteiger partial charge is 0.383 e. The summed E-state index contributed by atoms with van der Waals surface area (Å²) in [4.78, 5) is 27.1. The average molecular weight is 456 g/mol. The molecular weight excluding hydrogens is 430 g/mol. The van der Waals surface area contributed by atoms with E-state index in [2.05, 4.69) is 50.1 Å². The molecule has 0 atom stereocenters. The number of carbonyl (C=O) groups excluding carboxylic acids is 1. The van der Waals surface area contributed by atoms with Crippen LogP contribution in [0.2, 0.25) is 0 Å². The maximum Gasteiger partial charge on any atom is 0.271 e. The van der Waals surface area contributed by atoms with Gasteiger partial charge in [-0.2, -0.15) is 15.1 Å². The monoisotopic (exact) mass is 455 g/mol. The average Bonchev–Trinajstić information content (AvgIpc) is 3.44. The molecule has 0 spiro atoms. The summed E-state index contributed by atoms with van der Waals surface area (Å²) in [5, 5.41) is 12.2. The molecule has 0 bridgehead atoms. The zero-order chi connectivity index (χ0) is 24.0. The number of amides is 1. The number of aromatic nitrogens is 6. The standard InChI is InChI=1S/C24H25N9O/c1-13(2)33-12-17(15-6-5-7-18-16(15)11-27-31-18)20-21(25)29-24(30-22(20)33)28-14-8-9-19(26-10-14)23(34)32(3)4/h5-13H,1-4H3,(H,27,31)(H3,25,28,29,30). The van der Waals surface area contributed by atoms with Gasteiger partial charge >= 0.3 is 0 Å². The van der Waals surface area contributed by atoms with Crippen molar-refractivity contribution in [2.45, 2.75) is 19.9 Å². The van der Waals surface area contributed by atoms with E-state index in [-0.39, 0.29) is 11.9 Å². The molecule has 0 aliphatic heterocycles. The summed E-state index contributed by atoms with van der Waals surface area (Å²) in [5.74, 6) is 0.560. The number of pyridine rings is 1. The number of anilines is 3. The molecule has 34 heavy (non-hydrogen) atoms. The number of nitrogen functional groups attached to an aromatic ring is 1. The molecule has 0 fully saturated rings. The Morgan fingerprint density at radius 2 is 1.94 bits per heavy atom. The first-order chi connectivity index (χ1) is 16.3. The molecule has 5 rings (SSSR count). The minimum Gasteiger partial charge on any atom is -0.383 e. The van der Waals surface area contributed by atoms with E-state index in [1.54, 1.807) is 32.4 Å². The van der Waals surface area contributed by atoms with Crippen molar-refractivity contribution in [3.05, 3.63) is 54.6 Å². The zero-order valence-electron chi connectivity index (χ0n) is 19.4. The third-order valence-electron chi connectivity index (χ3n) is 5.68. The van der Waals surface area contributed by atoms with Crippen LogP contribution in [0.4, 0.5) is 17.5 Å². The second-order valence-electron chi connectivity index (χ2n) is 8.57. The van der Waals surface area contributed by atoms with Gasteiger partial charge in [-0.05, 0) is 37.6 Å². The fourth-order valence-corrected chi connectivity index (χ4v) is 3.99. The second-order valence-corrected chi connectivity index (χ2v) is 8.57. The minimum absolute atomic E-state index is 0.153. The summed E-state index contributed by atoms with van der Waals surface area (Å²) < 4.78 is 2.09. The van der Waals surface area contributed by atoms with Crippen LogP contribution < -0.4 is 11.1 Å². The topological polar surface area (TPSA) is 131 Å². The molecule has 0 radical (unpaired) electrons. The maximum absolute atomic E-state index is 12.1. The van der Waals surface area contributed by atoms with Crippen LogP contribution in [0.5, 0.6) is 0 Å². The lowest BCUT2D eigenvalue weighted by Crippen LogP contribution is -2.22. The highest BCUT2D eigenvalue weighted by molar-refractivity contribution is 6.07. The lowest BCUT2D eigenvalue weighted by Gasteiger charge is -2.12. The third kappa shape index (κ3) is 3.58. The molecule has 4 aromatic heterocycles. The molecule has 0 aliphatic rings. The fourth-order valence-electron chi connectivity index (χ4n) is 3.99. The van der Waals surface area contributed by atoms with Gasteiger partial charge in [0.25, 0.3) is 5.91 Å². The predicted octanol–water partition coefficient (Wildman–Crippen LogP) is 3.98. The minimum atomic E-state index is -0.164. The van der Waals surface area contributed by atoms with Crippen molar-refractivity contribution >= 4 is 45.3 Å². The second kappa shape index (κ2) is 8.14. The number of fused-ring (bicyclic) bond motifs is 2. The molecule has 1 amide bonds. The van der Waals surface area contributed by atoms with Crippen molar-refractivity contribution in [1.82, 2.24) is 34.6 Å². The molecular formula is C24H25N9O. The quantitative estimate of drug-likeness (QED) is 0.365. The number of hydrogen-bond acceptors (Lipinski definition) is 7. The van der Waals surface area contributed by atoms with Crippen molar-refractivity contribution in [2.24, 2.45) is 0 Å². The van der Waals surface area contributed by atoms with E-state index in [0.29, 0.717) is 23.1 Å². The Bertz CT molecular complexity index is 1510. The summed E-state index contributed by atoms with van der Waals surface area (Å²) in [7, 11) is 3.38. The first-order valence-corrected chi connectivity index (χ1v) is 10.9. The summed E-state index contributed by atoms with van der Waals surface area (Å²) in [6.45, 7) is 4.19. The Kier molecular flexibility index (Phi) is 5.12. The lowest BCUT2D eigenvalue weighted by molar-refractivity contribution is 0.0822. The van der Waals surface area contributed by atoms with Crippen LogP contribution in [-0.2, 0) is 0 Å². The van der Waals surface area contributed by atoms with Crippen molar-refractivity contribution in [2.75, 3.05) is 25.1 Å². The number of aromatic amines is 1. The zero-order valence-corrected chi connectivity index (χ0v) is 19.4. The van der Waals surface area contributed by atoms with E-state index in [1.165, 1.54) is 4.90 Å². The highest BCUT2D eigenvalue weighted by Gasteiger charge is 2.20. The Hall–Kier alpha value is -4.47. The third-order valence-corrected chi connectivity index (χ3v) is 5.68. The molecule has 0 saturated carbocycles. The first kappa shape index (κ1) is 21.4. The molecule has 10 nitrogen and oxygen atoms in total. The van der Waals surface area contributed by atoms with Crippen LogP contribution in [0, 0.1) is 0 Å². The van der Waals surface area contributed by atoms with Gasteiger partial charge in [-0.15, -0.1) is 0 Å². The smallest absolute Gasteiger partial charge is 0.271 e. The normalized spacial score (nSPS) is 11.4. The molecule has 172 valence electrons. The number of H-pyrrole nitrogens is 1. The van der Waals surface area contributed by atoms with Gasteiger partial charge in [0.1, 0.15) is 17.2 Å². The summed E-state index contributed by atoms with van der Waals surface area (Å²) in [5.41, 5.74) is 11.1. The Morgan fingerprint density at radius 1 is 1.12 bits per heavy atom. The van der Waals surface area contributed by atoms with Gasteiger partial charge in [-0.25, -0.2) is 4.98 Å². The van der Waals surface area contributed by atoms with Gasteiger partial charge in [-0.3, -0.25) is 9.89 Å². The Balaban J connectivity index is 1.58. The molecule has 10 heteroatoms. The molecule has 4 heterocycles. The molecule has 0 unspecified atom stereocenters. The lowest BCUT2D eigenvalue weighted by atomic mass is 10.0. The number of rotatable bonds is 5. The summed E-state index contributed by atoms with van der Waals surface area (Å²) in [6, 6.07) is 9.60. The van der Waals surface area contributed by atoms with E-state index in [0.717, 1.165) is 33.1 Å². The van der Waals surface area contributed by atoms with Crippen LogP contribution in [0.3, 0.4) is 0 Å². The van der Waals surface area contributed by atoms with Gasteiger partial charge < -0.3 is 20.5 Å². The number of nitrogens with one attached hydrogen (secondary N) is 2. The van der Waals surface area contributed by atoms with E-state index in [4.69, 9.17) is 10.7 Å². The van der Waals surface area contributed by atoms with E-state index in [1.807, 2.05) is 24.4 Å². The van der Waals surface area contributed by atoms with Gasteiger partial charge in [-0.1, -0.05) is 12.1 Å². The van der Waals surface area contributed by atoms with E-state index < -0.39 is 0 Å². The fraction of sp³-hybridized carbons (Fsp3) is 0.208. The van der Waals surface area contributed by atoms with Crippen LogP contribution in [0.1, 0.15) is 30.4 Å². The van der Waals surface area contributed by atoms with Crippen molar-refractivity contribution in [3.8, 4) is 11.1 Å². The Morgan fingerprint density at radius 3 is 2.65 bits per heavy atom. The molecule has 0 saturated heterocycles. The first-order valence-electron chi connectivity index (χ1n) is 10.9. The molecule has 4 N–H and O–H groups in total. The molecule has 5 aromatic rings. The highest BCUT2D eigenvalue weighted by Crippen LogP contribution is 2.38. The number of nitrogens with two attached hydrogens (primary N) is 1. The van der Waals surface area contributed by atoms with Crippen LogP contribution >= 0.6 is 0 Å². The maximum atomic E-state index is 12.1. The summed E-state index contributed by atoms with van der Waals surface area (Å²) in [6.07, 6.45) is 5.45. The number of hydrogen-bond donors (Lipinski definition) is 3. The number of benzene rings is 1. The van der Waals surface area contributed by atoms with Crippen LogP contribution in [0.25, 0.3) is 33.1 Å². The SMILES string of the molecule is CC(C)n1cc(-c2cccc3[nH]ncc23)c2c(N)nc(Nc3ccc(C(=O)N(C)C)nc3)nc21. The summed E-state index contributed by atoms with van der Waals surface area (Å²) >= 11 is 0. The van der Waals surface area contributed by atoms with Crippen LogP contribution in [-0.4, -0.2) is 54.6 Å². The van der Waals surface area contributed by atoms with Gasteiger partial charge in [0.2, 0.25) is 5.95 Å².